The van der Waals surface area contributed by atoms with Crippen molar-refractivity contribution < 1.29 is 23.8 Å². The Bertz CT molecular complexity index is 1620. The quantitative estimate of drug-likeness (QED) is 0.319. The summed E-state index contributed by atoms with van der Waals surface area (Å²) in [6.07, 6.45) is 5.40. The molecule has 11 heteroatoms. The fraction of sp³-hybridized carbons (Fsp3) is 0.355. The number of carbonyl (C=O) groups is 1. The maximum atomic E-state index is 16.7. The van der Waals surface area contributed by atoms with Crippen molar-refractivity contribution in [3.05, 3.63) is 111 Å². The van der Waals surface area contributed by atoms with Gasteiger partial charge in [-0.05, 0) is 61.2 Å². The average Bonchev–Trinajstić information content (AvgIpc) is 3.71. The zero-order valence-corrected chi connectivity index (χ0v) is 24.3. The van der Waals surface area contributed by atoms with E-state index in [2.05, 4.69) is 15.1 Å². The lowest BCUT2D eigenvalue weighted by Crippen LogP contribution is -2.49. The highest BCUT2D eigenvalue weighted by Crippen LogP contribution is 2.50. The highest BCUT2D eigenvalue weighted by molar-refractivity contribution is 6.30. The van der Waals surface area contributed by atoms with E-state index in [9.17, 15) is 9.90 Å². The van der Waals surface area contributed by atoms with Crippen molar-refractivity contribution in [1.82, 2.24) is 24.6 Å². The van der Waals surface area contributed by atoms with Crippen LogP contribution in [0.1, 0.15) is 63.9 Å². The molecule has 0 bridgehead atoms. The molecule has 2 aliphatic rings. The molecule has 2 aromatic heterocycles. The van der Waals surface area contributed by atoms with Crippen molar-refractivity contribution >= 4 is 17.5 Å². The molecule has 0 aliphatic carbocycles. The van der Waals surface area contributed by atoms with Crippen molar-refractivity contribution in [3.63, 3.8) is 0 Å². The predicted octanol–water partition coefficient (Wildman–Crippen LogP) is 4.62. The number of hydrogen-bond acceptors (Lipinski definition) is 7. The Morgan fingerprint density at radius 1 is 1.21 bits per heavy atom. The molecule has 3 atom stereocenters. The molecule has 42 heavy (non-hydrogen) atoms. The number of nitrogens with zero attached hydrogens (tertiary/aromatic N) is 5. The molecule has 218 valence electrons. The summed E-state index contributed by atoms with van der Waals surface area (Å²) in [5.41, 5.74) is -1.23. The Morgan fingerprint density at radius 2 is 1.95 bits per heavy atom. The van der Waals surface area contributed by atoms with E-state index < -0.39 is 29.2 Å². The number of aryl methyl sites for hydroxylation is 2. The van der Waals surface area contributed by atoms with E-state index in [0.29, 0.717) is 41.7 Å². The zero-order chi connectivity index (χ0) is 29.6. The number of aromatic nitrogens is 4. The molecule has 0 radical (unpaired) electrons. The molecule has 0 spiro atoms. The Morgan fingerprint density at radius 3 is 2.57 bits per heavy atom. The van der Waals surface area contributed by atoms with Crippen LogP contribution < -0.4 is 0 Å². The lowest BCUT2D eigenvalue weighted by molar-refractivity contribution is -0.149. The Balaban J connectivity index is 1.58. The monoisotopic (exact) mass is 591 g/mol. The largest absolute Gasteiger partial charge is 0.379 e. The molecule has 1 N–H and O–H groups in total. The number of amides is 1. The second-order valence-electron chi connectivity index (χ2n) is 10.8. The maximum absolute atomic E-state index is 16.7. The van der Waals surface area contributed by atoms with Gasteiger partial charge < -0.3 is 14.6 Å². The van der Waals surface area contributed by atoms with Crippen molar-refractivity contribution in [2.45, 2.75) is 50.7 Å². The summed E-state index contributed by atoms with van der Waals surface area (Å²) >= 11 is 6.25. The van der Waals surface area contributed by atoms with Crippen molar-refractivity contribution in [1.29, 1.82) is 0 Å². The van der Waals surface area contributed by atoms with Crippen molar-refractivity contribution in [3.8, 4) is 0 Å². The number of benzene rings is 2. The minimum atomic E-state index is -1.68. The summed E-state index contributed by atoms with van der Waals surface area (Å²) in [6, 6.07) is 11.3. The van der Waals surface area contributed by atoms with Gasteiger partial charge in [0.1, 0.15) is 17.2 Å². The minimum absolute atomic E-state index is 0.0528. The van der Waals surface area contributed by atoms with Crippen LogP contribution in [-0.2, 0) is 34.4 Å². The summed E-state index contributed by atoms with van der Waals surface area (Å²) in [5, 5.41) is 16.7. The lowest BCUT2D eigenvalue weighted by atomic mass is 9.84. The van der Waals surface area contributed by atoms with E-state index in [1.165, 1.54) is 11.0 Å². The van der Waals surface area contributed by atoms with Crippen LogP contribution in [0, 0.1) is 12.7 Å². The first kappa shape index (κ1) is 28.4. The number of rotatable bonds is 8. The fourth-order valence-electron chi connectivity index (χ4n) is 5.79. The molecule has 4 heterocycles. The van der Waals surface area contributed by atoms with Crippen LogP contribution in [0.25, 0.3) is 0 Å². The van der Waals surface area contributed by atoms with Crippen LogP contribution in [0.3, 0.4) is 0 Å². The van der Waals surface area contributed by atoms with Crippen molar-refractivity contribution in [2.75, 3.05) is 13.2 Å². The summed E-state index contributed by atoms with van der Waals surface area (Å²) in [5.74, 6) is -0.811. The minimum Gasteiger partial charge on any atom is -0.379 e. The van der Waals surface area contributed by atoms with Crippen LogP contribution in [-0.4, -0.2) is 55.0 Å². The van der Waals surface area contributed by atoms with Gasteiger partial charge in [-0.25, -0.2) is 14.4 Å². The lowest BCUT2D eigenvalue weighted by Gasteiger charge is -2.41. The molecular formula is C31H31ClFN5O4. The van der Waals surface area contributed by atoms with Gasteiger partial charge in [-0.2, -0.15) is 5.10 Å². The third-order valence-corrected chi connectivity index (χ3v) is 8.26. The SMILES string of the molecule is CCC(O)(c1cc(F)c2c(c1)C(=O)N(Cc1ncc(C)cn1)[C@@]2(O[C@H]1CCOC1)c1ccc(Cl)cc1)c1ccn(C)n1. The van der Waals surface area contributed by atoms with Gasteiger partial charge in [0.15, 0.2) is 0 Å². The Kier molecular flexibility index (Phi) is 7.34. The molecule has 0 saturated carbocycles. The summed E-state index contributed by atoms with van der Waals surface area (Å²) in [4.78, 5) is 24.7. The third-order valence-electron chi connectivity index (χ3n) is 8.01. The predicted molar refractivity (Wildman–Crippen MR) is 152 cm³/mol. The maximum Gasteiger partial charge on any atom is 0.257 e. The highest BCUT2D eigenvalue weighted by atomic mass is 35.5. The first-order chi connectivity index (χ1) is 20.2. The smallest absolute Gasteiger partial charge is 0.257 e. The molecule has 6 rings (SSSR count). The summed E-state index contributed by atoms with van der Waals surface area (Å²) < 4.78 is 30.7. The molecular weight excluding hydrogens is 561 g/mol. The van der Waals surface area contributed by atoms with Gasteiger partial charge in [0.05, 0.1) is 36.1 Å². The summed E-state index contributed by atoms with van der Waals surface area (Å²) in [6.45, 7) is 4.37. The van der Waals surface area contributed by atoms with Gasteiger partial charge in [-0.3, -0.25) is 14.4 Å². The average molecular weight is 592 g/mol. The first-order valence-corrected chi connectivity index (χ1v) is 14.2. The van der Waals surface area contributed by atoms with Crippen molar-refractivity contribution in [2.24, 2.45) is 7.05 Å². The Labute approximate surface area is 247 Å². The molecule has 4 aromatic rings. The van der Waals surface area contributed by atoms with Crippen LogP contribution in [0.4, 0.5) is 4.39 Å². The second-order valence-corrected chi connectivity index (χ2v) is 11.2. The normalized spacial score (nSPS) is 21.5. The van der Waals surface area contributed by atoms with Crippen LogP contribution in [0.15, 0.2) is 61.1 Å². The molecule has 1 fully saturated rings. The second kappa shape index (κ2) is 10.9. The van der Waals surface area contributed by atoms with Gasteiger partial charge in [0.2, 0.25) is 5.72 Å². The van der Waals surface area contributed by atoms with E-state index in [4.69, 9.17) is 21.1 Å². The van der Waals surface area contributed by atoms with Crippen LogP contribution >= 0.6 is 11.6 Å². The topological polar surface area (TPSA) is 103 Å². The fourth-order valence-corrected chi connectivity index (χ4v) is 5.92. The number of aliphatic hydroxyl groups is 1. The number of carbonyl (C=O) groups excluding carboxylic acids is 1. The number of ether oxygens (including phenoxy) is 2. The molecule has 2 aromatic carbocycles. The van der Waals surface area contributed by atoms with E-state index in [1.807, 2.05) is 6.92 Å². The zero-order valence-electron chi connectivity index (χ0n) is 23.6. The van der Waals surface area contributed by atoms with Crippen LogP contribution in [0.2, 0.25) is 5.02 Å². The van der Waals surface area contributed by atoms with Gasteiger partial charge in [0, 0.05) is 42.8 Å². The van der Waals surface area contributed by atoms with Gasteiger partial charge >= 0.3 is 0 Å². The number of hydrogen-bond donors (Lipinski definition) is 1. The Hall–Kier alpha value is -3.70. The first-order valence-electron chi connectivity index (χ1n) is 13.8. The third kappa shape index (κ3) is 4.68. The van der Waals surface area contributed by atoms with Crippen LogP contribution in [0.5, 0.6) is 0 Å². The number of halogens is 2. The molecule has 1 unspecified atom stereocenters. The van der Waals surface area contributed by atoms with Gasteiger partial charge in [-0.15, -0.1) is 0 Å². The van der Waals surface area contributed by atoms with E-state index in [0.717, 1.165) is 5.56 Å². The highest BCUT2D eigenvalue weighted by Gasteiger charge is 2.56. The molecule has 1 saturated heterocycles. The van der Waals surface area contributed by atoms with Gasteiger partial charge in [-0.1, -0.05) is 30.7 Å². The van der Waals surface area contributed by atoms with E-state index in [1.54, 1.807) is 73.6 Å². The molecule has 9 nitrogen and oxygen atoms in total. The van der Waals surface area contributed by atoms with Gasteiger partial charge in [0.25, 0.3) is 5.91 Å². The molecule has 2 aliphatic heterocycles. The summed E-state index contributed by atoms with van der Waals surface area (Å²) in [7, 11) is 1.74. The van der Waals surface area contributed by atoms with E-state index in [-0.39, 0.29) is 29.7 Å². The number of fused-ring (bicyclic) bond motifs is 1. The van der Waals surface area contributed by atoms with E-state index >= 15 is 4.39 Å². The molecule has 1 amide bonds. The standard InChI is InChI=1S/C31H31ClFN5O4/c1-4-30(40,26-9-11-37(3)36-26)21-13-24-28(25(33)14-21)31(42-23-10-12-41-18-23,20-5-7-22(32)8-6-20)38(29(24)39)17-27-34-15-19(2)16-35-27/h5-9,11,13-16,23,40H,4,10,12,17-18H2,1-3H3/t23-,30?,31+/m0/s1.